The maximum Gasteiger partial charge on any atom is 0.323 e. The topological polar surface area (TPSA) is 152 Å². The summed E-state index contributed by atoms with van der Waals surface area (Å²) in [6.07, 6.45) is 15.8. The van der Waals surface area contributed by atoms with E-state index in [0.717, 1.165) is 74.0 Å². The lowest BCUT2D eigenvalue weighted by atomic mass is 9.90. The summed E-state index contributed by atoms with van der Waals surface area (Å²) in [5.74, 6) is 1.08. The van der Waals surface area contributed by atoms with Crippen LogP contribution in [0.1, 0.15) is 55.7 Å². The summed E-state index contributed by atoms with van der Waals surface area (Å²) < 4.78 is 9.21. The van der Waals surface area contributed by atoms with Crippen LogP contribution in [0.3, 0.4) is 0 Å². The second-order valence-corrected chi connectivity index (χ2v) is 12.6. The Hall–Kier alpha value is -5.61. The van der Waals surface area contributed by atoms with Gasteiger partial charge >= 0.3 is 6.03 Å². The Bertz CT molecular complexity index is 1900. The molecule has 1 saturated heterocycles. The number of rotatable bonds is 9. The summed E-state index contributed by atoms with van der Waals surface area (Å²) in [5.41, 5.74) is 4.69. The first-order chi connectivity index (χ1) is 24.0. The molecule has 0 unspecified atom stereocenters. The maximum atomic E-state index is 13.8. The Kier molecular flexibility index (Phi) is 9.56. The molecule has 0 atom stereocenters. The van der Waals surface area contributed by atoms with Gasteiger partial charge in [-0.15, -0.1) is 0 Å². The third-order valence-electron chi connectivity index (χ3n) is 9.28. The van der Waals surface area contributed by atoms with Crippen LogP contribution in [0.15, 0.2) is 79.6 Å². The van der Waals surface area contributed by atoms with Crippen molar-refractivity contribution in [2.24, 2.45) is 7.05 Å². The van der Waals surface area contributed by atoms with E-state index in [9.17, 15) is 10.1 Å². The molecule has 2 amide bonds. The summed E-state index contributed by atoms with van der Waals surface area (Å²) in [4.78, 5) is 29.6. The molecule has 1 saturated carbocycles. The van der Waals surface area contributed by atoms with Gasteiger partial charge in [-0.3, -0.25) is 14.3 Å². The van der Waals surface area contributed by atoms with Crippen molar-refractivity contribution in [1.82, 2.24) is 39.8 Å². The first kappa shape index (κ1) is 32.0. The van der Waals surface area contributed by atoms with Gasteiger partial charge in [0.1, 0.15) is 11.9 Å². The van der Waals surface area contributed by atoms with Crippen LogP contribution in [0.2, 0.25) is 0 Å². The molecule has 5 heterocycles. The molecule has 2 aliphatic rings. The number of aromatic nitrogens is 7. The molecule has 4 aromatic heterocycles. The van der Waals surface area contributed by atoms with Gasteiger partial charge in [-0.25, -0.2) is 19.7 Å². The lowest BCUT2D eigenvalue weighted by molar-refractivity contribution is 0.0662. The number of nitrogens with zero attached hydrogens (tertiary/aromatic N) is 9. The Labute approximate surface area is 285 Å². The van der Waals surface area contributed by atoms with E-state index < -0.39 is 0 Å². The standard InChI is InChI=1S/C36H39N11O2/c1-45-23-28(21-41-45)26-7-12-33(38-19-26)47(36(48)40-18-25-5-3-2-4-6-25)32-10-8-30(9-11-32)43-35-39-20-27(17-37)34(44-35)29-22-42-46(24-29)31-13-15-49-16-14-31/h2-7,12,19-24,30-32H,8-11,13-16,18H2,1H3,(H,40,48)(H,39,43,44). The lowest BCUT2D eigenvalue weighted by Crippen LogP contribution is -2.49. The number of hydrogen-bond donors (Lipinski definition) is 2. The van der Waals surface area contributed by atoms with Crippen LogP contribution in [-0.4, -0.2) is 65.8 Å². The largest absolute Gasteiger partial charge is 0.381 e. The van der Waals surface area contributed by atoms with Gasteiger partial charge in [0.15, 0.2) is 0 Å². The van der Waals surface area contributed by atoms with Crippen molar-refractivity contribution in [3.8, 4) is 28.5 Å². The molecule has 13 nitrogen and oxygen atoms in total. The molecule has 0 bridgehead atoms. The van der Waals surface area contributed by atoms with Gasteiger partial charge in [-0.05, 0) is 56.2 Å². The van der Waals surface area contributed by atoms with Crippen LogP contribution in [0.25, 0.3) is 22.4 Å². The third kappa shape index (κ3) is 7.44. The Morgan fingerprint density at radius 2 is 1.71 bits per heavy atom. The summed E-state index contributed by atoms with van der Waals surface area (Å²) in [6, 6.07) is 16.2. The summed E-state index contributed by atoms with van der Waals surface area (Å²) in [5, 5.41) is 25.3. The van der Waals surface area contributed by atoms with Crippen LogP contribution in [0.4, 0.5) is 16.6 Å². The highest BCUT2D eigenvalue weighted by molar-refractivity contribution is 5.91. The van der Waals surface area contributed by atoms with Gasteiger partial charge in [-0.1, -0.05) is 30.3 Å². The predicted octanol–water partition coefficient (Wildman–Crippen LogP) is 5.50. The van der Waals surface area contributed by atoms with E-state index in [1.807, 2.05) is 66.6 Å². The van der Waals surface area contributed by atoms with E-state index in [-0.39, 0.29) is 24.2 Å². The molecule has 2 fully saturated rings. The number of amides is 2. The van der Waals surface area contributed by atoms with Gasteiger partial charge in [-0.2, -0.15) is 15.5 Å². The molecule has 49 heavy (non-hydrogen) atoms. The molecular formula is C36H39N11O2. The van der Waals surface area contributed by atoms with Crippen LogP contribution < -0.4 is 15.5 Å². The second kappa shape index (κ2) is 14.7. The highest BCUT2D eigenvalue weighted by Crippen LogP contribution is 2.31. The molecule has 1 aliphatic carbocycles. The maximum absolute atomic E-state index is 13.8. The van der Waals surface area contributed by atoms with Gasteiger partial charge in [0.05, 0.1) is 35.9 Å². The molecule has 13 heteroatoms. The quantitative estimate of drug-likeness (QED) is 0.209. The predicted molar refractivity (Wildman–Crippen MR) is 184 cm³/mol. The van der Waals surface area contributed by atoms with Crippen molar-refractivity contribution < 1.29 is 9.53 Å². The number of benzene rings is 1. The average molecular weight is 658 g/mol. The van der Waals surface area contributed by atoms with E-state index in [1.165, 1.54) is 0 Å². The van der Waals surface area contributed by atoms with Crippen LogP contribution in [0.5, 0.6) is 0 Å². The number of carbonyl (C=O) groups is 1. The summed E-state index contributed by atoms with van der Waals surface area (Å²) in [6.45, 7) is 1.86. The van der Waals surface area contributed by atoms with E-state index >= 15 is 0 Å². The number of carbonyl (C=O) groups excluding carboxylic acids is 1. The number of nitriles is 1. The Morgan fingerprint density at radius 3 is 2.43 bits per heavy atom. The van der Waals surface area contributed by atoms with Crippen LogP contribution in [0, 0.1) is 11.3 Å². The van der Waals surface area contributed by atoms with Crippen LogP contribution in [-0.2, 0) is 18.3 Å². The number of ether oxygens (including phenoxy) is 1. The van der Waals surface area contributed by atoms with Crippen molar-refractivity contribution in [3.63, 3.8) is 0 Å². The lowest BCUT2D eigenvalue weighted by Gasteiger charge is -2.36. The fourth-order valence-corrected chi connectivity index (χ4v) is 6.61. The SMILES string of the molecule is Cn1cc(-c2ccc(N(C(=O)NCc3ccccc3)C3CCC(Nc4ncc(C#N)c(-c5cnn(C6CCOCC6)c5)n4)CC3)nc2)cn1. The smallest absolute Gasteiger partial charge is 0.323 e. The first-order valence-electron chi connectivity index (χ1n) is 16.8. The molecule has 1 aliphatic heterocycles. The summed E-state index contributed by atoms with van der Waals surface area (Å²) >= 11 is 0. The zero-order valence-electron chi connectivity index (χ0n) is 27.4. The molecular weight excluding hydrogens is 618 g/mol. The third-order valence-corrected chi connectivity index (χ3v) is 9.28. The van der Waals surface area contributed by atoms with Crippen LogP contribution >= 0.6 is 0 Å². The number of urea groups is 1. The van der Waals surface area contributed by atoms with Crippen molar-refractivity contribution in [2.45, 2.75) is 63.2 Å². The molecule has 250 valence electrons. The molecule has 0 spiro atoms. The molecule has 5 aromatic rings. The highest BCUT2D eigenvalue weighted by atomic mass is 16.5. The minimum absolute atomic E-state index is 0.0426. The first-order valence-corrected chi connectivity index (χ1v) is 16.8. The fraction of sp³-hybridized carbons (Fsp3) is 0.361. The van der Waals surface area contributed by atoms with E-state index in [1.54, 1.807) is 34.4 Å². The van der Waals surface area contributed by atoms with E-state index in [4.69, 9.17) is 14.7 Å². The molecule has 2 N–H and O–H groups in total. The number of nitrogens with one attached hydrogen (secondary N) is 2. The minimum atomic E-state index is -0.178. The number of hydrogen-bond acceptors (Lipinski definition) is 9. The normalized spacial score (nSPS) is 18.0. The van der Waals surface area contributed by atoms with Crippen molar-refractivity contribution in [3.05, 3.63) is 90.8 Å². The second-order valence-electron chi connectivity index (χ2n) is 12.6. The van der Waals surface area contributed by atoms with E-state index in [2.05, 4.69) is 31.9 Å². The number of anilines is 2. The van der Waals surface area contributed by atoms with Gasteiger partial charge < -0.3 is 15.4 Å². The van der Waals surface area contributed by atoms with Gasteiger partial charge in [0.25, 0.3) is 0 Å². The zero-order valence-corrected chi connectivity index (χ0v) is 27.4. The van der Waals surface area contributed by atoms with Gasteiger partial charge in [0.2, 0.25) is 5.95 Å². The number of aryl methyl sites for hydroxylation is 1. The van der Waals surface area contributed by atoms with Crippen molar-refractivity contribution in [1.29, 1.82) is 5.26 Å². The Balaban J connectivity index is 1.04. The molecule has 1 aromatic carbocycles. The van der Waals surface area contributed by atoms with Crippen molar-refractivity contribution in [2.75, 3.05) is 23.4 Å². The highest BCUT2D eigenvalue weighted by Gasteiger charge is 2.31. The number of pyridine rings is 1. The monoisotopic (exact) mass is 657 g/mol. The Morgan fingerprint density at radius 1 is 0.918 bits per heavy atom. The average Bonchev–Trinajstić information content (AvgIpc) is 3.83. The fourth-order valence-electron chi connectivity index (χ4n) is 6.61. The molecule has 7 rings (SSSR count). The zero-order chi connectivity index (χ0) is 33.6. The molecule has 0 radical (unpaired) electrons. The van der Waals surface area contributed by atoms with Crippen molar-refractivity contribution >= 4 is 17.8 Å². The summed E-state index contributed by atoms with van der Waals surface area (Å²) in [7, 11) is 1.88. The van der Waals surface area contributed by atoms with E-state index in [0.29, 0.717) is 29.6 Å². The minimum Gasteiger partial charge on any atom is -0.381 e. The van der Waals surface area contributed by atoms with Gasteiger partial charge in [0, 0.05) is 74.2 Å².